The highest BCUT2D eigenvalue weighted by Crippen LogP contribution is 2.36. The average molecular weight is 246 g/mol. The van der Waals surface area contributed by atoms with Crippen molar-refractivity contribution >= 4 is 5.69 Å². The van der Waals surface area contributed by atoms with Crippen LogP contribution in [-0.2, 0) is 6.54 Å². The summed E-state index contributed by atoms with van der Waals surface area (Å²) in [4.78, 5) is 2.51. The zero-order valence-electron chi connectivity index (χ0n) is 12.2. The van der Waals surface area contributed by atoms with Crippen LogP contribution in [0.4, 0.5) is 5.69 Å². The van der Waals surface area contributed by atoms with Crippen LogP contribution in [0.1, 0.15) is 38.3 Å². The number of nitrogens with two attached hydrogens (primary N) is 1. The Kier molecular flexibility index (Phi) is 3.67. The lowest BCUT2D eigenvalue weighted by atomic mass is 9.80. The largest absolute Gasteiger partial charge is 0.371 e. The Morgan fingerprint density at radius 3 is 2.61 bits per heavy atom. The highest BCUT2D eigenvalue weighted by Gasteiger charge is 2.32. The molecule has 0 saturated carbocycles. The summed E-state index contributed by atoms with van der Waals surface area (Å²) in [6.45, 7) is 12.1. The molecular formula is C16H26N2. The van der Waals surface area contributed by atoms with Gasteiger partial charge in [0.05, 0.1) is 0 Å². The van der Waals surface area contributed by atoms with Crippen LogP contribution in [0.25, 0.3) is 0 Å². The van der Waals surface area contributed by atoms with Crippen molar-refractivity contribution < 1.29 is 0 Å². The second-order valence-electron chi connectivity index (χ2n) is 6.63. The molecule has 0 aliphatic carbocycles. The maximum Gasteiger partial charge on any atom is 0.0412 e. The number of nitrogens with zero attached hydrogens (tertiary/aromatic N) is 1. The summed E-state index contributed by atoms with van der Waals surface area (Å²) >= 11 is 0. The Balaban J connectivity index is 2.19. The predicted octanol–water partition coefficient (Wildman–Crippen LogP) is 3.33. The van der Waals surface area contributed by atoms with E-state index in [1.165, 1.54) is 29.8 Å². The summed E-state index contributed by atoms with van der Waals surface area (Å²) in [5.74, 6) is 0.782. The number of anilines is 1. The number of hydrogen-bond donors (Lipinski definition) is 1. The standard InChI is InChI=1S/C16H26N2/c1-12-5-6-15(13(9-12)10-17)18-8-7-14(11-18)16(2,3)4/h5-6,9,14H,7-8,10-11,17H2,1-4H3. The molecular weight excluding hydrogens is 220 g/mol. The highest BCUT2D eigenvalue weighted by molar-refractivity contribution is 5.55. The van der Waals surface area contributed by atoms with Crippen LogP contribution in [0.15, 0.2) is 18.2 Å². The molecule has 100 valence electrons. The van der Waals surface area contributed by atoms with E-state index in [1.807, 2.05) is 0 Å². The van der Waals surface area contributed by atoms with Gasteiger partial charge in [0.25, 0.3) is 0 Å². The van der Waals surface area contributed by atoms with E-state index in [9.17, 15) is 0 Å². The van der Waals surface area contributed by atoms with Crippen molar-refractivity contribution in [3.8, 4) is 0 Å². The third-order valence-corrected chi connectivity index (χ3v) is 4.21. The van der Waals surface area contributed by atoms with Crippen molar-refractivity contribution in [2.24, 2.45) is 17.1 Å². The summed E-state index contributed by atoms with van der Waals surface area (Å²) in [6.07, 6.45) is 1.29. The van der Waals surface area contributed by atoms with E-state index in [4.69, 9.17) is 5.73 Å². The monoisotopic (exact) mass is 246 g/mol. The highest BCUT2D eigenvalue weighted by atomic mass is 15.2. The van der Waals surface area contributed by atoms with Crippen LogP contribution in [0.2, 0.25) is 0 Å². The van der Waals surface area contributed by atoms with Gasteiger partial charge in [-0.25, -0.2) is 0 Å². The first-order valence-corrected chi connectivity index (χ1v) is 6.96. The van der Waals surface area contributed by atoms with Gasteiger partial charge in [-0.2, -0.15) is 0 Å². The van der Waals surface area contributed by atoms with Crippen LogP contribution >= 0.6 is 0 Å². The first-order chi connectivity index (χ1) is 8.41. The van der Waals surface area contributed by atoms with Crippen molar-refractivity contribution in [1.82, 2.24) is 0 Å². The van der Waals surface area contributed by atoms with E-state index in [0.717, 1.165) is 12.5 Å². The van der Waals surface area contributed by atoms with E-state index in [1.54, 1.807) is 0 Å². The van der Waals surface area contributed by atoms with Crippen molar-refractivity contribution in [2.75, 3.05) is 18.0 Å². The van der Waals surface area contributed by atoms with Gasteiger partial charge in [0, 0.05) is 25.3 Å². The smallest absolute Gasteiger partial charge is 0.0412 e. The van der Waals surface area contributed by atoms with Crippen LogP contribution < -0.4 is 10.6 Å². The maximum absolute atomic E-state index is 5.88. The molecule has 0 spiro atoms. The zero-order valence-corrected chi connectivity index (χ0v) is 12.2. The second kappa shape index (κ2) is 4.93. The molecule has 0 amide bonds. The Labute approximate surface area is 111 Å². The number of benzene rings is 1. The van der Waals surface area contributed by atoms with Crippen molar-refractivity contribution in [3.63, 3.8) is 0 Å². The summed E-state index contributed by atoms with van der Waals surface area (Å²) in [6, 6.07) is 6.65. The first-order valence-electron chi connectivity index (χ1n) is 6.96. The lowest BCUT2D eigenvalue weighted by Crippen LogP contribution is -2.26. The second-order valence-corrected chi connectivity index (χ2v) is 6.63. The maximum atomic E-state index is 5.88. The third kappa shape index (κ3) is 2.69. The Hall–Kier alpha value is -1.02. The quantitative estimate of drug-likeness (QED) is 0.867. The molecule has 1 unspecified atom stereocenters. The minimum atomic E-state index is 0.405. The fraction of sp³-hybridized carbons (Fsp3) is 0.625. The topological polar surface area (TPSA) is 29.3 Å². The molecule has 1 heterocycles. The molecule has 2 nitrogen and oxygen atoms in total. The molecule has 1 saturated heterocycles. The minimum Gasteiger partial charge on any atom is -0.371 e. The summed E-state index contributed by atoms with van der Waals surface area (Å²) in [7, 11) is 0. The molecule has 2 heteroatoms. The van der Waals surface area contributed by atoms with Crippen LogP contribution in [-0.4, -0.2) is 13.1 Å². The van der Waals surface area contributed by atoms with E-state index < -0.39 is 0 Å². The molecule has 0 aromatic heterocycles. The van der Waals surface area contributed by atoms with Gasteiger partial charge in [0.1, 0.15) is 0 Å². The average Bonchev–Trinajstić information content (AvgIpc) is 2.77. The van der Waals surface area contributed by atoms with E-state index in [-0.39, 0.29) is 0 Å². The Morgan fingerprint density at radius 1 is 1.33 bits per heavy atom. The summed E-state index contributed by atoms with van der Waals surface area (Å²) < 4.78 is 0. The van der Waals surface area contributed by atoms with E-state index in [0.29, 0.717) is 12.0 Å². The molecule has 0 bridgehead atoms. The van der Waals surface area contributed by atoms with Crippen molar-refractivity contribution in [1.29, 1.82) is 0 Å². The molecule has 1 aromatic carbocycles. The first kappa shape index (κ1) is 13.4. The van der Waals surface area contributed by atoms with E-state index >= 15 is 0 Å². The van der Waals surface area contributed by atoms with Crippen molar-refractivity contribution in [3.05, 3.63) is 29.3 Å². The van der Waals surface area contributed by atoms with Crippen LogP contribution in [0.5, 0.6) is 0 Å². The van der Waals surface area contributed by atoms with Gasteiger partial charge in [-0.3, -0.25) is 0 Å². The molecule has 1 aliphatic rings. The normalized spacial score (nSPS) is 20.5. The molecule has 1 atom stereocenters. The van der Waals surface area contributed by atoms with Gasteiger partial charge < -0.3 is 10.6 Å². The Bertz CT molecular complexity index is 418. The fourth-order valence-corrected chi connectivity index (χ4v) is 2.87. The lowest BCUT2D eigenvalue weighted by Gasteiger charge is -2.28. The van der Waals surface area contributed by atoms with Gasteiger partial charge in [-0.1, -0.05) is 38.5 Å². The zero-order chi connectivity index (χ0) is 13.3. The van der Waals surface area contributed by atoms with E-state index in [2.05, 4.69) is 50.8 Å². The van der Waals surface area contributed by atoms with Crippen LogP contribution in [0, 0.1) is 18.3 Å². The molecule has 1 aliphatic heterocycles. The van der Waals surface area contributed by atoms with Crippen LogP contribution in [0.3, 0.4) is 0 Å². The van der Waals surface area contributed by atoms with Gasteiger partial charge >= 0.3 is 0 Å². The number of rotatable bonds is 2. The fourth-order valence-electron chi connectivity index (χ4n) is 2.87. The molecule has 18 heavy (non-hydrogen) atoms. The molecule has 1 fully saturated rings. The van der Waals surface area contributed by atoms with Gasteiger partial charge in [0.2, 0.25) is 0 Å². The molecule has 0 radical (unpaired) electrons. The molecule has 1 aromatic rings. The van der Waals surface area contributed by atoms with Gasteiger partial charge in [-0.05, 0) is 36.3 Å². The lowest BCUT2D eigenvalue weighted by molar-refractivity contribution is 0.263. The predicted molar refractivity (Wildman–Crippen MR) is 78.8 cm³/mol. The minimum absolute atomic E-state index is 0.405. The van der Waals surface area contributed by atoms with Gasteiger partial charge in [0.15, 0.2) is 0 Å². The third-order valence-electron chi connectivity index (χ3n) is 4.21. The number of hydrogen-bond acceptors (Lipinski definition) is 2. The SMILES string of the molecule is Cc1ccc(N2CCC(C(C)(C)C)C2)c(CN)c1. The Morgan fingerprint density at radius 2 is 2.06 bits per heavy atom. The summed E-state index contributed by atoms with van der Waals surface area (Å²) in [5.41, 5.74) is 10.2. The molecule has 2 N–H and O–H groups in total. The number of aryl methyl sites for hydroxylation is 1. The molecule has 2 rings (SSSR count). The van der Waals surface area contributed by atoms with Crippen molar-refractivity contribution in [2.45, 2.75) is 40.7 Å². The van der Waals surface area contributed by atoms with Gasteiger partial charge in [-0.15, -0.1) is 0 Å². The summed E-state index contributed by atoms with van der Waals surface area (Å²) in [5, 5.41) is 0.